The van der Waals surface area contributed by atoms with Gasteiger partial charge >= 0.3 is 0 Å². The zero-order valence-electron chi connectivity index (χ0n) is 19.5. The van der Waals surface area contributed by atoms with Crippen LogP contribution in [0.2, 0.25) is 0 Å². The minimum atomic E-state index is -0.511. The summed E-state index contributed by atoms with van der Waals surface area (Å²) in [5.41, 5.74) is 3.36. The molecule has 0 aliphatic carbocycles. The van der Waals surface area contributed by atoms with Crippen LogP contribution in [0, 0.1) is 0 Å². The number of methoxy groups -OCH3 is 1. The molecule has 2 aromatic carbocycles. The summed E-state index contributed by atoms with van der Waals surface area (Å²) >= 11 is 0. The second-order valence-electron chi connectivity index (χ2n) is 8.13. The Morgan fingerprint density at radius 1 is 1.00 bits per heavy atom. The van der Waals surface area contributed by atoms with Crippen LogP contribution in [0.4, 0.5) is 0 Å². The lowest BCUT2D eigenvalue weighted by Crippen LogP contribution is -2.50. The average molecular weight is 425 g/mol. The molecule has 1 N–H and O–H groups in total. The number of amides is 2. The van der Waals surface area contributed by atoms with Gasteiger partial charge in [-0.25, -0.2) is 0 Å². The van der Waals surface area contributed by atoms with Crippen molar-refractivity contribution in [3.63, 3.8) is 0 Å². The van der Waals surface area contributed by atoms with Crippen molar-refractivity contribution in [1.82, 2.24) is 10.2 Å². The van der Waals surface area contributed by atoms with Crippen LogP contribution >= 0.6 is 0 Å². The zero-order valence-corrected chi connectivity index (χ0v) is 19.5. The first-order chi connectivity index (χ1) is 14.9. The van der Waals surface area contributed by atoms with E-state index in [0.717, 1.165) is 23.3 Å². The van der Waals surface area contributed by atoms with Crippen LogP contribution in [-0.2, 0) is 29.0 Å². The molecule has 0 unspecified atom stereocenters. The maximum atomic E-state index is 13.3. The van der Waals surface area contributed by atoms with Gasteiger partial charge < -0.3 is 15.0 Å². The molecule has 0 spiro atoms. The number of rotatable bonds is 11. The van der Waals surface area contributed by atoms with E-state index in [0.29, 0.717) is 25.8 Å². The fourth-order valence-electron chi connectivity index (χ4n) is 3.60. The minimum absolute atomic E-state index is 0.0202. The highest BCUT2D eigenvalue weighted by atomic mass is 16.5. The second-order valence-corrected chi connectivity index (χ2v) is 8.13. The number of carbonyl (C=O) groups excluding carboxylic acids is 2. The molecule has 0 bridgehead atoms. The largest absolute Gasteiger partial charge is 0.497 e. The predicted octanol–water partition coefficient (Wildman–Crippen LogP) is 4.52. The number of ether oxygens (including phenoxy) is 1. The van der Waals surface area contributed by atoms with Crippen LogP contribution in [0.3, 0.4) is 0 Å². The molecule has 0 aromatic heterocycles. The van der Waals surface area contributed by atoms with Gasteiger partial charge in [-0.2, -0.15) is 0 Å². The molecule has 0 radical (unpaired) electrons. The summed E-state index contributed by atoms with van der Waals surface area (Å²) < 4.78 is 5.33. The minimum Gasteiger partial charge on any atom is -0.497 e. The fraction of sp³-hybridized carbons (Fsp3) is 0.462. The summed E-state index contributed by atoms with van der Waals surface area (Å²) in [5, 5.41) is 2.97. The number of nitrogens with zero attached hydrogens (tertiary/aromatic N) is 1. The Bertz CT molecular complexity index is 846. The number of hydrogen-bond acceptors (Lipinski definition) is 3. The third kappa shape index (κ3) is 7.42. The van der Waals surface area contributed by atoms with Crippen LogP contribution in [-0.4, -0.2) is 35.9 Å². The van der Waals surface area contributed by atoms with Crippen molar-refractivity contribution < 1.29 is 14.3 Å². The molecule has 0 aliphatic heterocycles. The number of carbonyl (C=O) groups is 2. The van der Waals surface area contributed by atoms with Crippen LogP contribution in [0.25, 0.3) is 0 Å². The van der Waals surface area contributed by atoms with Gasteiger partial charge in [-0.05, 0) is 61.9 Å². The van der Waals surface area contributed by atoms with Crippen molar-refractivity contribution >= 4 is 11.8 Å². The molecule has 0 saturated heterocycles. The highest BCUT2D eigenvalue weighted by Gasteiger charge is 2.28. The quantitative estimate of drug-likeness (QED) is 0.577. The Kier molecular flexibility index (Phi) is 9.57. The average Bonchev–Trinajstić information content (AvgIpc) is 2.77. The molecule has 1 atom stereocenters. The topological polar surface area (TPSA) is 58.6 Å². The van der Waals surface area contributed by atoms with Crippen molar-refractivity contribution in [2.75, 3.05) is 7.11 Å². The summed E-state index contributed by atoms with van der Waals surface area (Å²) in [6.45, 7) is 8.30. The van der Waals surface area contributed by atoms with E-state index in [1.54, 1.807) is 12.0 Å². The summed E-state index contributed by atoms with van der Waals surface area (Å²) in [6, 6.07) is 15.5. The zero-order chi connectivity index (χ0) is 22.8. The first-order valence-corrected chi connectivity index (χ1v) is 11.2. The lowest BCUT2D eigenvalue weighted by Gasteiger charge is -2.31. The van der Waals surface area contributed by atoms with Crippen molar-refractivity contribution in [3.8, 4) is 5.75 Å². The molecule has 31 heavy (non-hydrogen) atoms. The fourth-order valence-corrected chi connectivity index (χ4v) is 3.60. The van der Waals surface area contributed by atoms with Gasteiger partial charge in [0.15, 0.2) is 0 Å². The maximum Gasteiger partial charge on any atom is 0.243 e. The van der Waals surface area contributed by atoms with Gasteiger partial charge in [-0.1, -0.05) is 50.2 Å². The van der Waals surface area contributed by atoms with E-state index in [1.807, 2.05) is 45.0 Å². The molecular formula is C26H36N2O3. The maximum absolute atomic E-state index is 13.3. The third-order valence-electron chi connectivity index (χ3n) is 5.36. The Hall–Kier alpha value is -2.82. The van der Waals surface area contributed by atoms with E-state index in [2.05, 4.69) is 36.5 Å². The van der Waals surface area contributed by atoms with Gasteiger partial charge in [0.1, 0.15) is 11.8 Å². The summed E-state index contributed by atoms with van der Waals surface area (Å²) in [6.07, 6.45) is 2.57. The Balaban J connectivity index is 2.21. The summed E-state index contributed by atoms with van der Waals surface area (Å²) in [4.78, 5) is 27.9. The number of hydrogen-bond donors (Lipinski definition) is 1. The van der Waals surface area contributed by atoms with Crippen LogP contribution in [0.1, 0.15) is 57.2 Å². The van der Waals surface area contributed by atoms with Gasteiger partial charge in [-0.15, -0.1) is 0 Å². The highest BCUT2D eigenvalue weighted by Crippen LogP contribution is 2.19. The second kappa shape index (κ2) is 12.1. The van der Waals surface area contributed by atoms with E-state index in [1.165, 1.54) is 5.56 Å². The predicted molar refractivity (Wildman–Crippen MR) is 125 cm³/mol. The highest BCUT2D eigenvalue weighted by molar-refractivity contribution is 5.87. The molecule has 0 fully saturated rings. The van der Waals surface area contributed by atoms with Crippen molar-refractivity contribution in [3.05, 3.63) is 65.2 Å². The molecule has 168 valence electrons. The van der Waals surface area contributed by atoms with Crippen LogP contribution in [0.5, 0.6) is 5.75 Å². The molecule has 5 nitrogen and oxygen atoms in total. The standard InChI is InChI=1S/C26H36N2O3/c1-6-20-11-13-21(14-12-20)15-16-25(29)28(24(7-2)26(30)27-19(3)4)18-22-9-8-10-23(17-22)31-5/h8-14,17,19,24H,6-7,15-16,18H2,1-5H3,(H,27,30)/t24-/m1/s1. The van der Waals surface area contributed by atoms with E-state index in [-0.39, 0.29) is 17.9 Å². The Labute approximate surface area is 186 Å². The molecular weight excluding hydrogens is 388 g/mol. The number of benzene rings is 2. The molecule has 0 heterocycles. The molecule has 2 aromatic rings. The van der Waals surface area contributed by atoms with Crippen molar-refractivity contribution in [1.29, 1.82) is 0 Å². The van der Waals surface area contributed by atoms with Crippen LogP contribution in [0.15, 0.2) is 48.5 Å². The lowest BCUT2D eigenvalue weighted by atomic mass is 10.0. The van der Waals surface area contributed by atoms with Gasteiger partial charge in [0.2, 0.25) is 11.8 Å². The number of aryl methyl sites for hydroxylation is 2. The molecule has 0 aliphatic rings. The van der Waals surface area contributed by atoms with Gasteiger partial charge in [0.25, 0.3) is 0 Å². The van der Waals surface area contributed by atoms with E-state index in [9.17, 15) is 9.59 Å². The Morgan fingerprint density at radius 3 is 2.26 bits per heavy atom. The van der Waals surface area contributed by atoms with Gasteiger partial charge in [0, 0.05) is 19.0 Å². The third-order valence-corrected chi connectivity index (χ3v) is 5.36. The normalized spacial score (nSPS) is 11.8. The molecule has 0 saturated carbocycles. The summed E-state index contributed by atoms with van der Waals surface area (Å²) in [5.74, 6) is 0.606. The number of nitrogens with one attached hydrogen (secondary N) is 1. The molecule has 5 heteroatoms. The SMILES string of the molecule is CCc1ccc(CCC(=O)N(Cc2cccc(OC)c2)[C@H](CC)C(=O)NC(C)C)cc1. The lowest BCUT2D eigenvalue weighted by molar-refractivity contribution is -0.141. The van der Waals surface area contributed by atoms with Crippen molar-refractivity contribution in [2.24, 2.45) is 0 Å². The first kappa shape index (κ1) is 24.4. The van der Waals surface area contributed by atoms with E-state index < -0.39 is 6.04 Å². The monoisotopic (exact) mass is 424 g/mol. The molecule has 2 amide bonds. The first-order valence-electron chi connectivity index (χ1n) is 11.2. The summed E-state index contributed by atoms with van der Waals surface area (Å²) in [7, 11) is 1.62. The smallest absolute Gasteiger partial charge is 0.243 e. The van der Waals surface area contributed by atoms with Crippen molar-refractivity contribution in [2.45, 2.75) is 72.0 Å². The van der Waals surface area contributed by atoms with E-state index in [4.69, 9.17) is 4.74 Å². The molecule has 2 rings (SSSR count). The Morgan fingerprint density at radius 2 is 1.68 bits per heavy atom. The van der Waals surface area contributed by atoms with Gasteiger partial charge in [-0.3, -0.25) is 9.59 Å². The van der Waals surface area contributed by atoms with Crippen LogP contribution < -0.4 is 10.1 Å². The van der Waals surface area contributed by atoms with Gasteiger partial charge in [0.05, 0.1) is 7.11 Å². The van der Waals surface area contributed by atoms with E-state index >= 15 is 0 Å².